The van der Waals surface area contributed by atoms with Gasteiger partial charge in [-0.2, -0.15) is 0 Å². The van der Waals surface area contributed by atoms with Crippen molar-refractivity contribution in [3.05, 3.63) is 42.5 Å². The number of alkyl carbamates (subject to hydrolysis) is 1. The maximum absolute atomic E-state index is 13.7. The van der Waals surface area contributed by atoms with Crippen LogP contribution in [-0.4, -0.2) is 105 Å². The van der Waals surface area contributed by atoms with Crippen LogP contribution in [0.4, 0.5) is 14.4 Å². The lowest BCUT2D eigenvalue weighted by molar-refractivity contribution is 0.0384. The summed E-state index contributed by atoms with van der Waals surface area (Å²) >= 11 is 0. The minimum Gasteiger partial charge on any atom is -0.444 e. The van der Waals surface area contributed by atoms with Crippen molar-refractivity contribution in [2.75, 3.05) is 45.9 Å². The lowest BCUT2D eigenvalue weighted by Crippen LogP contribution is -2.56. The third-order valence-corrected chi connectivity index (χ3v) is 8.67. The molecular formula is C32H46N6O8S. The van der Waals surface area contributed by atoms with Crippen molar-refractivity contribution < 1.29 is 37.0 Å². The van der Waals surface area contributed by atoms with Crippen LogP contribution in [0, 0.1) is 5.92 Å². The summed E-state index contributed by atoms with van der Waals surface area (Å²) in [6.07, 6.45) is -0.620. The van der Waals surface area contributed by atoms with E-state index < -0.39 is 39.4 Å². The van der Waals surface area contributed by atoms with E-state index in [1.165, 1.54) is 11.1 Å². The summed E-state index contributed by atoms with van der Waals surface area (Å²) in [4.78, 5) is 48.8. The van der Waals surface area contributed by atoms with Crippen molar-refractivity contribution in [3.63, 3.8) is 0 Å². The van der Waals surface area contributed by atoms with Crippen molar-refractivity contribution >= 4 is 45.0 Å². The number of ether oxygens (including phenoxy) is 3. The molecule has 2 fully saturated rings. The number of rotatable bonds is 5. The Kier molecular flexibility index (Phi) is 11.4. The van der Waals surface area contributed by atoms with Crippen LogP contribution in [0.15, 0.2) is 52.4 Å². The summed E-state index contributed by atoms with van der Waals surface area (Å²) in [6.45, 7) is 12.5. The molecule has 2 N–H and O–H groups in total. The molecule has 0 aromatic heterocycles. The normalized spacial score (nSPS) is 16.9. The van der Waals surface area contributed by atoms with E-state index in [2.05, 4.69) is 15.1 Å². The number of fused-ring (bicyclic) bond motifs is 1. The Morgan fingerprint density at radius 3 is 2.13 bits per heavy atom. The molecule has 0 spiro atoms. The van der Waals surface area contributed by atoms with Crippen molar-refractivity contribution in [1.29, 1.82) is 0 Å². The first-order valence-corrected chi connectivity index (χ1v) is 17.2. The van der Waals surface area contributed by atoms with E-state index >= 15 is 0 Å². The fourth-order valence-corrected chi connectivity index (χ4v) is 6.22. The SMILES string of the molecule is CC(C)(C)OC(=O)/N=C(/NC(=O)OC(C)(C)C)N1CCC(CN(NS(=O)(=O)c2ccc3ccccc3c2)C(=O)N2CCOCC2)CC1. The second kappa shape index (κ2) is 14.9. The van der Waals surface area contributed by atoms with Gasteiger partial charge in [0.2, 0.25) is 5.96 Å². The standard InChI is InChI=1S/C32H46N6O8S/c1-31(2,3)45-28(39)33-27(34-29(40)46-32(4,5)6)36-15-13-23(14-16-36)22-38(30(41)37-17-19-44-20-18-37)35-47(42,43)26-12-11-24-9-7-8-10-25(24)21-26/h7-12,21,23,35H,13-20,22H2,1-6H3,(H,33,34,39,40). The Labute approximate surface area is 276 Å². The summed E-state index contributed by atoms with van der Waals surface area (Å²) in [5, 5.41) is 5.41. The highest BCUT2D eigenvalue weighted by Gasteiger charge is 2.32. The van der Waals surface area contributed by atoms with Crippen molar-refractivity contribution in [3.8, 4) is 0 Å². The van der Waals surface area contributed by atoms with Crippen molar-refractivity contribution in [2.45, 2.75) is 70.5 Å². The second-order valence-electron chi connectivity index (χ2n) is 13.6. The Morgan fingerprint density at radius 1 is 0.894 bits per heavy atom. The number of hydrogen-bond acceptors (Lipinski definition) is 8. The van der Waals surface area contributed by atoms with Crippen LogP contribution in [0.1, 0.15) is 54.4 Å². The average molecular weight is 675 g/mol. The highest BCUT2D eigenvalue weighted by atomic mass is 32.2. The zero-order chi connectivity index (χ0) is 34.4. The smallest absolute Gasteiger partial charge is 0.437 e. The molecule has 2 aromatic carbocycles. The van der Waals surface area contributed by atoms with Crippen molar-refractivity contribution in [1.82, 2.24) is 25.0 Å². The van der Waals surface area contributed by atoms with Crippen LogP contribution < -0.4 is 10.1 Å². The topological polar surface area (TPSA) is 159 Å². The van der Waals surface area contributed by atoms with Gasteiger partial charge in [-0.3, -0.25) is 5.32 Å². The highest BCUT2D eigenvalue weighted by molar-refractivity contribution is 7.89. The van der Waals surface area contributed by atoms with Crippen LogP contribution in [0.2, 0.25) is 0 Å². The Bertz CT molecular complexity index is 1570. The number of hydrogen-bond donors (Lipinski definition) is 2. The van der Waals surface area contributed by atoms with Gasteiger partial charge in [0, 0.05) is 32.7 Å². The number of carbonyl (C=O) groups excluding carboxylic acids is 3. The minimum absolute atomic E-state index is 0.00907. The number of aliphatic imine (C=N–C) groups is 1. The molecule has 258 valence electrons. The fraction of sp³-hybridized carbons (Fsp3) is 0.562. The maximum Gasteiger partial charge on any atom is 0.437 e. The molecule has 2 aliphatic rings. The van der Waals surface area contributed by atoms with Gasteiger partial charge < -0.3 is 24.0 Å². The Balaban J connectivity index is 1.50. The molecule has 47 heavy (non-hydrogen) atoms. The molecule has 0 aliphatic carbocycles. The van der Waals surface area contributed by atoms with Crippen LogP contribution >= 0.6 is 0 Å². The van der Waals surface area contributed by atoms with Gasteiger partial charge in [0.25, 0.3) is 10.0 Å². The molecule has 2 aliphatic heterocycles. The number of nitrogens with one attached hydrogen (secondary N) is 2. The summed E-state index contributed by atoms with van der Waals surface area (Å²) in [6, 6.07) is 11.8. The summed E-state index contributed by atoms with van der Waals surface area (Å²) in [5.41, 5.74) is -1.56. The molecule has 0 radical (unpaired) electrons. The summed E-state index contributed by atoms with van der Waals surface area (Å²) < 4.78 is 43.3. The zero-order valence-corrected chi connectivity index (χ0v) is 28.8. The van der Waals surface area contributed by atoms with E-state index in [4.69, 9.17) is 14.2 Å². The number of urea groups is 1. The molecule has 0 atom stereocenters. The van der Waals surface area contributed by atoms with E-state index in [9.17, 15) is 22.8 Å². The predicted octanol–water partition coefficient (Wildman–Crippen LogP) is 4.32. The van der Waals surface area contributed by atoms with E-state index in [0.717, 1.165) is 10.8 Å². The van der Waals surface area contributed by atoms with E-state index in [0.29, 0.717) is 52.2 Å². The third-order valence-electron chi connectivity index (χ3n) is 7.33. The predicted molar refractivity (Wildman–Crippen MR) is 176 cm³/mol. The molecule has 4 amide bonds. The van der Waals surface area contributed by atoms with Crippen LogP contribution in [0.25, 0.3) is 10.8 Å². The largest absolute Gasteiger partial charge is 0.444 e. The molecule has 0 unspecified atom stereocenters. The van der Waals surface area contributed by atoms with Gasteiger partial charge in [0.15, 0.2) is 0 Å². The second-order valence-corrected chi connectivity index (χ2v) is 15.2. The molecule has 15 heteroatoms. The number of likely N-dealkylation sites (tertiary alicyclic amines) is 1. The van der Waals surface area contributed by atoms with E-state index in [-0.39, 0.29) is 23.3 Å². The zero-order valence-electron chi connectivity index (χ0n) is 27.9. The number of morpholine rings is 1. The minimum atomic E-state index is -4.11. The molecule has 2 aromatic rings. The van der Waals surface area contributed by atoms with Gasteiger partial charge >= 0.3 is 18.2 Å². The number of sulfonamides is 1. The molecule has 2 saturated heterocycles. The first kappa shape index (κ1) is 35.9. The van der Waals surface area contributed by atoms with Gasteiger partial charge in [-0.25, -0.2) is 27.8 Å². The van der Waals surface area contributed by atoms with Gasteiger partial charge in [-0.1, -0.05) is 30.3 Å². The number of carbonyl (C=O) groups is 3. The van der Waals surface area contributed by atoms with Crippen molar-refractivity contribution in [2.24, 2.45) is 10.9 Å². The monoisotopic (exact) mass is 674 g/mol. The number of guanidine groups is 1. The Hall–Kier alpha value is -3.95. The third kappa shape index (κ3) is 10.8. The summed E-state index contributed by atoms with van der Waals surface area (Å²) in [7, 11) is -4.11. The van der Waals surface area contributed by atoms with Crippen LogP contribution in [0.5, 0.6) is 0 Å². The molecule has 0 bridgehead atoms. The van der Waals surface area contributed by atoms with Gasteiger partial charge in [-0.15, -0.1) is 9.82 Å². The molecule has 2 heterocycles. The molecule has 14 nitrogen and oxygen atoms in total. The maximum atomic E-state index is 13.7. The lowest BCUT2D eigenvalue weighted by atomic mass is 9.97. The number of hydrazine groups is 1. The fourth-order valence-electron chi connectivity index (χ4n) is 5.14. The lowest BCUT2D eigenvalue weighted by Gasteiger charge is -2.38. The Morgan fingerprint density at radius 2 is 1.51 bits per heavy atom. The quantitative estimate of drug-likeness (QED) is 0.268. The van der Waals surface area contributed by atoms with E-state index in [1.807, 2.05) is 24.3 Å². The number of benzene rings is 2. The highest BCUT2D eigenvalue weighted by Crippen LogP contribution is 2.22. The first-order chi connectivity index (χ1) is 22.0. The summed E-state index contributed by atoms with van der Waals surface area (Å²) in [5.74, 6) is -0.120. The average Bonchev–Trinajstić information content (AvgIpc) is 2.98. The molecule has 4 rings (SSSR count). The van der Waals surface area contributed by atoms with Gasteiger partial charge in [0.05, 0.1) is 18.1 Å². The van der Waals surface area contributed by atoms with Gasteiger partial charge in [-0.05, 0) is 83.2 Å². The number of piperidine rings is 1. The number of amides is 4. The molecular weight excluding hydrogens is 628 g/mol. The van der Waals surface area contributed by atoms with Gasteiger partial charge in [0.1, 0.15) is 11.2 Å². The first-order valence-electron chi connectivity index (χ1n) is 15.7. The number of nitrogens with zero attached hydrogens (tertiary/aromatic N) is 4. The van der Waals surface area contributed by atoms with Crippen LogP contribution in [0.3, 0.4) is 0 Å². The van der Waals surface area contributed by atoms with E-state index in [1.54, 1.807) is 63.5 Å². The molecule has 0 saturated carbocycles. The van der Waals surface area contributed by atoms with Crippen LogP contribution in [-0.2, 0) is 24.2 Å².